The van der Waals surface area contributed by atoms with E-state index in [0.717, 1.165) is 6.07 Å². The van der Waals surface area contributed by atoms with Gasteiger partial charge in [-0.1, -0.05) is 0 Å². The zero-order chi connectivity index (χ0) is 19.2. The van der Waals surface area contributed by atoms with Crippen LogP contribution >= 0.6 is 0 Å². The molecular formula is C17H11F3N6O. The molecule has 0 spiro atoms. The number of nitrogens with zero attached hydrogens (tertiary/aromatic N) is 4. The van der Waals surface area contributed by atoms with E-state index in [2.05, 4.69) is 20.1 Å². The van der Waals surface area contributed by atoms with Crippen LogP contribution < -0.4 is 11.3 Å². The second kappa shape index (κ2) is 5.94. The number of fused-ring (bicyclic) bond motifs is 1. The number of aromatic amines is 1. The first kappa shape index (κ1) is 16.8. The predicted molar refractivity (Wildman–Crippen MR) is 91.7 cm³/mol. The summed E-state index contributed by atoms with van der Waals surface area (Å²) in [6.45, 7) is 0. The maximum Gasteiger partial charge on any atom is 0.419 e. The number of nitrogen functional groups attached to an aromatic ring is 1. The normalized spacial score (nSPS) is 11.8. The Morgan fingerprint density at radius 3 is 2.56 bits per heavy atom. The maximum absolute atomic E-state index is 13.1. The van der Waals surface area contributed by atoms with E-state index in [4.69, 9.17) is 5.73 Å². The van der Waals surface area contributed by atoms with E-state index < -0.39 is 17.6 Å². The minimum absolute atomic E-state index is 0.166. The lowest BCUT2D eigenvalue weighted by molar-refractivity contribution is -0.137. The van der Waals surface area contributed by atoms with E-state index in [1.807, 2.05) is 0 Å². The first-order chi connectivity index (χ1) is 12.8. The third-order valence-corrected chi connectivity index (χ3v) is 3.96. The van der Waals surface area contributed by atoms with Gasteiger partial charge in [0.05, 0.1) is 23.1 Å². The van der Waals surface area contributed by atoms with Crippen LogP contribution in [0.1, 0.15) is 5.56 Å². The molecule has 7 nitrogen and oxygen atoms in total. The van der Waals surface area contributed by atoms with Gasteiger partial charge in [0.1, 0.15) is 5.82 Å². The minimum atomic E-state index is -4.62. The monoisotopic (exact) mass is 372 g/mol. The van der Waals surface area contributed by atoms with Gasteiger partial charge in [-0.05, 0) is 24.3 Å². The lowest BCUT2D eigenvalue weighted by Crippen LogP contribution is -2.10. The highest BCUT2D eigenvalue weighted by atomic mass is 19.4. The summed E-state index contributed by atoms with van der Waals surface area (Å²) in [4.78, 5) is 21.6. The van der Waals surface area contributed by atoms with Crippen molar-refractivity contribution in [3.05, 3.63) is 64.8 Å². The van der Waals surface area contributed by atoms with Crippen LogP contribution in [0.4, 0.5) is 19.0 Å². The van der Waals surface area contributed by atoms with Crippen LogP contribution in [0, 0.1) is 0 Å². The number of hydrogen-bond donors (Lipinski definition) is 2. The van der Waals surface area contributed by atoms with Gasteiger partial charge in [-0.2, -0.15) is 18.3 Å². The molecule has 10 heteroatoms. The van der Waals surface area contributed by atoms with Crippen molar-refractivity contribution in [3.8, 4) is 22.5 Å². The molecule has 27 heavy (non-hydrogen) atoms. The smallest absolute Gasteiger partial charge is 0.383 e. The average molecular weight is 372 g/mol. The number of rotatable bonds is 2. The first-order valence-electron chi connectivity index (χ1n) is 7.70. The standard InChI is InChI=1S/C17H11F3N6O/c18-17(19,20)11-5-10(7-24-16(11)21)12-2-3-14-22-8-13(26(14)25-12)9-1-4-15(27)23-6-9/h1-8H,(H2,21,24)(H,23,27). The molecule has 0 amide bonds. The topological polar surface area (TPSA) is 102 Å². The Kier molecular flexibility index (Phi) is 3.69. The first-order valence-corrected chi connectivity index (χ1v) is 7.70. The van der Waals surface area contributed by atoms with Crippen LogP contribution in [0.5, 0.6) is 0 Å². The van der Waals surface area contributed by atoms with Crippen LogP contribution in [0.2, 0.25) is 0 Å². The van der Waals surface area contributed by atoms with Gasteiger partial charge in [-0.15, -0.1) is 0 Å². The molecule has 3 N–H and O–H groups in total. The summed E-state index contributed by atoms with van der Waals surface area (Å²) in [6.07, 6.45) is -0.322. The fraction of sp³-hybridized carbons (Fsp3) is 0.0588. The number of halogens is 3. The number of imidazole rings is 1. The molecule has 0 aliphatic rings. The highest BCUT2D eigenvalue weighted by Crippen LogP contribution is 2.34. The van der Waals surface area contributed by atoms with Gasteiger partial charge in [-0.3, -0.25) is 4.79 Å². The van der Waals surface area contributed by atoms with Crippen LogP contribution in [-0.4, -0.2) is 24.6 Å². The molecule has 0 fully saturated rings. The van der Waals surface area contributed by atoms with Gasteiger partial charge >= 0.3 is 6.18 Å². The molecule has 0 unspecified atom stereocenters. The number of alkyl halides is 3. The van der Waals surface area contributed by atoms with Gasteiger partial charge < -0.3 is 10.7 Å². The van der Waals surface area contributed by atoms with Crippen LogP contribution in [0.25, 0.3) is 28.2 Å². The summed E-state index contributed by atoms with van der Waals surface area (Å²) in [5.74, 6) is -0.594. The van der Waals surface area contributed by atoms with Crippen molar-refractivity contribution < 1.29 is 13.2 Å². The van der Waals surface area contributed by atoms with Crippen molar-refractivity contribution in [2.45, 2.75) is 6.18 Å². The van der Waals surface area contributed by atoms with E-state index in [0.29, 0.717) is 16.9 Å². The quantitative estimate of drug-likeness (QED) is 0.563. The molecule has 0 saturated carbocycles. The second-order valence-corrected chi connectivity index (χ2v) is 5.73. The Hall–Kier alpha value is -3.69. The molecule has 0 aliphatic carbocycles. The number of H-pyrrole nitrogens is 1. The Balaban J connectivity index is 1.86. The summed E-state index contributed by atoms with van der Waals surface area (Å²) >= 11 is 0. The summed E-state index contributed by atoms with van der Waals surface area (Å²) in [7, 11) is 0. The van der Waals surface area contributed by atoms with Crippen molar-refractivity contribution >= 4 is 11.5 Å². The molecule has 0 bridgehead atoms. The summed E-state index contributed by atoms with van der Waals surface area (Å²) < 4.78 is 40.7. The zero-order valence-corrected chi connectivity index (χ0v) is 13.5. The Bertz CT molecular complexity index is 1190. The minimum Gasteiger partial charge on any atom is -0.383 e. The predicted octanol–water partition coefficient (Wildman–Crippen LogP) is 2.75. The van der Waals surface area contributed by atoms with E-state index >= 15 is 0 Å². The summed E-state index contributed by atoms with van der Waals surface area (Å²) in [5, 5.41) is 4.37. The second-order valence-electron chi connectivity index (χ2n) is 5.73. The molecule has 4 heterocycles. The molecule has 0 saturated heterocycles. The summed E-state index contributed by atoms with van der Waals surface area (Å²) in [5.41, 5.74) is 6.22. The van der Waals surface area contributed by atoms with Gasteiger partial charge in [0.2, 0.25) is 5.56 Å². The Morgan fingerprint density at radius 2 is 1.85 bits per heavy atom. The molecular weight excluding hydrogens is 361 g/mol. The van der Waals surface area contributed by atoms with Crippen molar-refractivity contribution in [3.63, 3.8) is 0 Å². The fourth-order valence-electron chi connectivity index (χ4n) is 2.64. The van der Waals surface area contributed by atoms with Crippen LogP contribution in [0.15, 0.2) is 53.7 Å². The van der Waals surface area contributed by atoms with Crippen LogP contribution in [-0.2, 0) is 6.18 Å². The van der Waals surface area contributed by atoms with Gasteiger partial charge in [0, 0.05) is 29.6 Å². The number of nitrogens with two attached hydrogens (primary N) is 1. The fourth-order valence-corrected chi connectivity index (χ4v) is 2.64. The molecule has 4 aromatic rings. The van der Waals surface area contributed by atoms with Crippen molar-refractivity contribution in [1.82, 2.24) is 24.6 Å². The Morgan fingerprint density at radius 1 is 1.04 bits per heavy atom. The van der Waals surface area contributed by atoms with E-state index in [-0.39, 0.29) is 16.8 Å². The number of aromatic nitrogens is 5. The van der Waals surface area contributed by atoms with Crippen molar-refractivity contribution in [2.24, 2.45) is 0 Å². The molecule has 136 valence electrons. The van der Waals surface area contributed by atoms with Gasteiger partial charge in [0.15, 0.2) is 5.65 Å². The molecule has 4 aromatic heterocycles. The van der Waals surface area contributed by atoms with E-state index in [1.54, 1.807) is 24.4 Å². The zero-order valence-electron chi connectivity index (χ0n) is 13.5. The number of pyridine rings is 2. The number of nitrogens with one attached hydrogen (secondary N) is 1. The Labute approximate surface area is 149 Å². The van der Waals surface area contributed by atoms with Crippen LogP contribution in [0.3, 0.4) is 0 Å². The highest BCUT2D eigenvalue weighted by molar-refractivity contribution is 5.66. The van der Waals surface area contributed by atoms with Crippen molar-refractivity contribution in [1.29, 1.82) is 0 Å². The largest absolute Gasteiger partial charge is 0.419 e. The highest BCUT2D eigenvalue weighted by Gasteiger charge is 2.34. The van der Waals surface area contributed by atoms with Gasteiger partial charge in [0.25, 0.3) is 0 Å². The molecule has 4 rings (SSSR count). The average Bonchev–Trinajstić information content (AvgIpc) is 3.05. The van der Waals surface area contributed by atoms with E-state index in [9.17, 15) is 18.0 Å². The lowest BCUT2D eigenvalue weighted by atomic mass is 10.1. The molecule has 0 aromatic carbocycles. The number of anilines is 1. The third-order valence-electron chi connectivity index (χ3n) is 3.96. The molecule has 0 radical (unpaired) electrons. The SMILES string of the molecule is Nc1ncc(-c2ccc3ncc(-c4ccc(=O)[nH]c4)n3n2)cc1C(F)(F)F. The molecule has 0 aliphatic heterocycles. The lowest BCUT2D eigenvalue weighted by Gasteiger charge is -2.11. The van der Waals surface area contributed by atoms with E-state index in [1.165, 1.54) is 23.0 Å². The van der Waals surface area contributed by atoms with Gasteiger partial charge in [-0.25, -0.2) is 14.5 Å². The third kappa shape index (κ3) is 3.01. The summed E-state index contributed by atoms with van der Waals surface area (Å²) in [6, 6.07) is 7.04. The molecule has 0 atom stereocenters. The van der Waals surface area contributed by atoms with Crippen molar-refractivity contribution in [2.75, 3.05) is 5.73 Å². The maximum atomic E-state index is 13.1. The number of hydrogen-bond acceptors (Lipinski definition) is 5.